The van der Waals surface area contributed by atoms with Gasteiger partial charge in [0.1, 0.15) is 0 Å². The summed E-state index contributed by atoms with van der Waals surface area (Å²) in [4.78, 5) is 6.64. The predicted molar refractivity (Wildman–Crippen MR) is 88.1 cm³/mol. The van der Waals surface area contributed by atoms with E-state index in [-0.39, 0.29) is 11.1 Å². The van der Waals surface area contributed by atoms with E-state index < -0.39 is 9.52 Å². The molecule has 2 atom stereocenters. The summed E-state index contributed by atoms with van der Waals surface area (Å²) in [6.07, 6.45) is 15.0. The molecule has 5 heteroatoms. The van der Waals surface area contributed by atoms with Crippen LogP contribution in [0, 0.1) is 0 Å². The Labute approximate surface area is 126 Å². The Kier molecular flexibility index (Phi) is 4.75. The van der Waals surface area contributed by atoms with E-state index in [0.717, 1.165) is 11.1 Å². The second-order valence-electron chi connectivity index (χ2n) is 4.85. The van der Waals surface area contributed by atoms with E-state index >= 15 is 0 Å². The summed E-state index contributed by atoms with van der Waals surface area (Å²) >= 11 is 0. The van der Waals surface area contributed by atoms with Gasteiger partial charge in [-0.05, 0) is 11.1 Å². The quantitative estimate of drug-likeness (QED) is 0.312. The molecule has 0 N–H and O–H groups in total. The second-order valence-corrected chi connectivity index (χ2v) is 7.08. The zero-order chi connectivity index (χ0) is 15.2. The molecule has 2 rings (SSSR count). The Morgan fingerprint density at radius 3 is 1.67 bits per heavy atom. The Hall–Kier alpha value is -2.58. The van der Waals surface area contributed by atoms with Crippen LogP contribution in [0.3, 0.4) is 0 Å². The first kappa shape index (κ1) is 14.8. The monoisotopic (exact) mass is 292 g/mol. The van der Waals surface area contributed by atoms with Crippen LogP contribution in [0.5, 0.6) is 0 Å². The molecule has 0 aromatic rings. The summed E-state index contributed by atoms with van der Waals surface area (Å²) in [6.45, 7) is 7.82. The third-order valence-corrected chi connectivity index (χ3v) is 6.30. The van der Waals surface area contributed by atoms with Crippen LogP contribution in [-0.2, 0) is 0 Å². The minimum absolute atomic E-state index is 0.162. The third kappa shape index (κ3) is 2.96. The highest BCUT2D eigenvalue weighted by Crippen LogP contribution is 2.32. The number of nitrogens with zero attached hydrogens (tertiary/aromatic N) is 4. The van der Waals surface area contributed by atoms with Crippen molar-refractivity contribution in [3.63, 3.8) is 0 Å². The molecule has 0 radical (unpaired) electrons. The van der Waals surface area contributed by atoms with Gasteiger partial charge in [0.15, 0.2) is 0 Å². The molecular weight excluding hydrogens is 276 g/mol. The van der Waals surface area contributed by atoms with Crippen molar-refractivity contribution in [2.45, 2.75) is 11.1 Å². The highest BCUT2D eigenvalue weighted by Gasteiger charge is 2.30. The van der Waals surface area contributed by atoms with Gasteiger partial charge in [-0.3, -0.25) is 0 Å². The highest BCUT2D eigenvalue weighted by molar-refractivity contribution is 6.47. The Morgan fingerprint density at radius 1 is 0.905 bits per heavy atom. The molecule has 0 heterocycles. The molecule has 0 aliphatic heterocycles. The summed E-state index contributed by atoms with van der Waals surface area (Å²) < 4.78 is 0. The normalized spacial score (nSPS) is 19.2. The predicted octanol–water partition coefficient (Wildman–Crippen LogP) is 2.44. The molecule has 0 amide bonds. The minimum Gasteiger partial charge on any atom is -0.361 e. The molecule has 2 aliphatic carbocycles. The summed E-state index contributed by atoms with van der Waals surface area (Å²) in [6, 6.07) is 0. The molecule has 21 heavy (non-hydrogen) atoms. The number of allylic oxidation sites excluding steroid dienone is 10. The van der Waals surface area contributed by atoms with E-state index in [1.165, 1.54) is 0 Å². The van der Waals surface area contributed by atoms with Gasteiger partial charge in [-0.1, -0.05) is 36.5 Å². The van der Waals surface area contributed by atoms with E-state index in [9.17, 15) is 0 Å². The van der Waals surface area contributed by atoms with Gasteiger partial charge in [-0.25, -0.2) is 0 Å². The van der Waals surface area contributed by atoms with Crippen LogP contribution in [0.1, 0.15) is 0 Å². The average molecular weight is 292 g/mol. The fourth-order valence-electron chi connectivity index (χ4n) is 2.63. The molecule has 0 spiro atoms. The lowest BCUT2D eigenvalue weighted by atomic mass is 10.1. The van der Waals surface area contributed by atoms with Gasteiger partial charge in [0.05, 0.1) is 0 Å². The molecule has 0 bridgehead atoms. The topological polar surface area (TPSA) is 72.8 Å². The van der Waals surface area contributed by atoms with E-state index in [4.69, 9.17) is 11.1 Å². The largest absolute Gasteiger partial charge is 0.361 e. The first-order valence-corrected chi connectivity index (χ1v) is 8.35. The maximum absolute atomic E-state index is 9.05. The van der Waals surface area contributed by atoms with Crippen LogP contribution >= 0.6 is 0 Å². The molecule has 0 aromatic carbocycles. The molecular formula is C16H16N4Si. The average Bonchev–Trinajstić information content (AvgIpc) is 3.17. The molecule has 0 fully saturated rings. The molecule has 0 aromatic heterocycles. The minimum atomic E-state index is -0.738. The first-order chi connectivity index (χ1) is 10.2. The van der Waals surface area contributed by atoms with E-state index in [1.54, 1.807) is 12.2 Å². The standard InChI is InChI=1S/C16H16N4Si/c1-3-15(11-7-5-9-13(11)19-17)21-16(4-2)12-8-6-10-14(12)20-18/h3-10,15-16H,1-2,21H2. The highest BCUT2D eigenvalue weighted by atomic mass is 28.2. The fourth-order valence-corrected chi connectivity index (χ4v) is 4.76. The van der Waals surface area contributed by atoms with Crippen molar-refractivity contribution in [2.24, 2.45) is 0 Å². The molecule has 2 unspecified atom stereocenters. The molecule has 104 valence electrons. The second kappa shape index (κ2) is 6.73. The van der Waals surface area contributed by atoms with Crippen LogP contribution in [0.4, 0.5) is 0 Å². The molecule has 0 saturated heterocycles. The Morgan fingerprint density at radius 2 is 1.33 bits per heavy atom. The van der Waals surface area contributed by atoms with Gasteiger partial charge in [0.2, 0.25) is 0 Å². The van der Waals surface area contributed by atoms with E-state index in [1.807, 2.05) is 36.5 Å². The van der Waals surface area contributed by atoms with Crippen LogP contribution in [-0.4, -0.2) is 30.5 Å². The maximum atomic E-state index is 9.05. The summed E-state index contributed by atoms with van der Waals surface area (Å²) in [5.74, 6) is 0. The molecule has 0 saturated carbocycles. The molecule has 2 aliphatic rings. The van der Waals surface area contributed by atoms with Crippen molar-refractivity contribution in [1.82, 2.24) is 0 Å². The van der Waals surface area contributed by atoms with Gasteiger partial charge in [0.25, 0.3) is 0 Å². The van der Waals surface area contributed by atoms with Crippen molar-refractivity contribution in [3.8, 4) is 0 Å². The van der Waals surface area contributed by atoms with Crippen molar-refractivity contribution < 1.29 is 9.58 Å². The van der Waals surface area contributed by atoms with Crippen LogP contribution in [0.15, 0.2) is 72.9 Å². The van der Waals surface area contributed by atoms with Crippen LogP contribution in [0.25, 0.3) is 11.1 Å². The fraction of sp³-hybridized carbons (Fsp3) is 0.125. The Bertz CT molecular complexity index is 636. The van der Waals surface area contributed by atoms with Gasteiger partial charge >= 0.3 is 11.4 Å². The lowest BCUT2D eigenvalue weighted by molar-refractivity contribution is -0.00275. The third-order valence-electron chi connectivity index (χ3n) is 3.74. The SMILES string of the molecule is C=CC([SiH2]C(C=C)C1=CC=CC1=[N+]=[N-])C1=CC=CC1=[N+]=[N-]. The zero-order valence-corrected chi connectivity index (χ0v) is 13.1. The van der Waals surface area contributed by atoms with Gasteiger partial charge < -0.3 is 11.1 Å². The summed E-state index contributed by atoms with van der Waals surface area (Å²) in [7, 11) is -0.738. The lowest BCUT2D eigenvalue weighted by Gasteiger charge is -2.17. The van der Waals surface area contributed by atoms with Crippen LogP contribution in [0.2, 0.25) is 11.1 Å². The van der Waals surface area contributed by atoms with Crippen molar-refractivity contribution >= 4 is 20.9 Å². The van der Waals surface area contributed by atoms with Gasteiger partial charge in [-0.2, -0.15) is 9.58 Å². The van der Waals surface area contributed by atoms with Crippen molar-refractivity contribution in [1.29, 1.82) is 0 Å². The lowest BCUT2D eigenvalue weighted by Crippen LogP contribution is -2.17. The Balaban J connectivity index is 2.22. The molecule has 4 nitrogen and oxygen atoms in total. The van der Waals surface area contributed by atoms with E-state index in [0.29, 0.717) is 11.4 Å². The smallest absolute Gasteiger partial charge is 0.318 e. The van der Waals surface area contributed by atoms with Crippen molar-refractivity contribution in [2.75, 3.05) is 0 Å². The first-order valence-electron chi connectivity index (χ1n) is 6.71. The summed E-state index contributed by atoms with van der Waals surface area (Å²) in [5, 5.41) is 0. The number of rotatable bonds is 6. The van der Waals surface area contributed by atoms with Crippen LogP contribution < -0.4 is 0 Å². The zero-order valence-electron chi connectivity index (χ0n) is 11.7. The van der Waals surface area contributed by atoms with Gasteiger partial charge in [-0.15, -0.1) is 13.2 Å². The van der Waals surface area contributed by atoms with Crippen molar-refractivity contribution in [3.05, 3.63) is 84.0 Å². The number of hydrogen-bond acceptors (Lipinski definition) is 0. The summed E-state index contributed by atoms with van der Waals surface area (Å²) in [5.41, 5.74) is 21.6. The number of hydrogen-bond donors (Lipinski definition) is 0. The van der Waals surface area contributed by atoms with E-state index in [2.05, 4.69) is 22.7 Å². The van der Waals surface area contributed by atoms with Gasteiger partial charge in [0, 0.05) is 32.8 Å². The maximum Gasteiger partial charge on any atom is 0.318 e.